The molecule has 110 valence electrons. The molecule has 0 aliphatic heterocycles. The number of hydrogen-bond acceptors (Lipinski definition) is 5. The van der Waals surface area contributed by atoms with Crippen LogP contribution in [0.5, 0.6) is 0 Å². The second kappa shape index (κ2) is 6.04. The lowest BCUT2D eigenvalue weighted by atomic mass is 10.2. The Morgan fingerprint density at radius 2 is 2.24 bits per heavy atom. The molecule has 0 saturated heterocycles. The summed E-state index contributed by atoms with van der Waals surface area (Å²) < 4.78 is 5.92. The van der Waals surface area contributed by atoms with E-state index >= 15 is 0 Å². The minimum Gasteiger partial charge on any atom is -0.466 e. The third-order valence-electron chi connectivity index (χ3n) is 2.78. The summed E-state index contributed by atoms with van der Waals surface area (Å²) in [5.74, 6) is -0.500. The SMILES string of the molecule is CCOC(=O)Cc1c[nH]n(-c2cccc([N+](=O)[O-])c2)c1=O. The molecule has 1 N–H and O–H groups in total. The van der Waals surface area contributed by atoms with E-state index in [1.807, 2.05) is 0 Å². The Morgan fingerprint density at radius 1 is 1.48 bits per heavy atom. The molecule has 0 fully saturated rings. The number of rotatable bonds is 5. The van der Waals surface area contributed by atoms with E-state index in [0.717, 1.165) is 4.68 Å². The van der Waals surface area contributed by atoms with Crippen molar-refractivity contribution in [2.75, 3.05) is 6.61 Å². The summed E-state index contributed by atoms with van der Waals surface area (Å²) in [5.41, 5.74) is -0.00578. The fraction of sp³-hybridized carbons (Fsp3) is 0.231. The van der Waals surface area contributed by atoms with Crippen molar-refractivity contribution in [1.29, 1.82) is 0 Å². The Labute approximate surface area is 119 Å². The number of non-ortho nitro benzene ring substituents is 1. The van der Waals surface area contributed by atoms with E-state index in [-0.39, 0.29) is 24.3 Å². The zero-order valence-corrected chi connectivity index (χ0v) is 11.2. The molecular formula is C13H13N3O5. The fourth-order valence-electron chi connectivity index (χ4n) is 1.84. The second-order valence-electron chi connectivity index (χ2n) is 4.20. The number of aromatic amines is 1. The van der Waals surface area contributed by atoms with E-state index in [1.54, 1.807) is 13.0 Å². The molecule has 8 heteroatoms. The van der Waals surface area contributed by atoms with Crippen LogP contribution < -0.4 is 5.56 Å². The predicted octanol–water partition coefficient (Wildman–Crippen LogP) is 1.18. The minimum absolute atomic E-state index is 0.124. The van der Waals surface area contributed by atoms with Crippen LogP contribution in [0.3, 0.4) is 0 Å². The van der Waals surface area contributed by atoms with Crippen LogP contribution in [0.2, 0.25) is 0 Å². The molecule has 0 aliphatic carbocycles. The first-order chi connectivity index (χ1) is 10.0. The maximum atomic E-state index is 12.1. The van der Waals surface area contributed by atoms with Gasteiger partial charge in [-0.1, -0.05) is 6.07 Å². The van der Waals surface area contributed by atoms with E-state index in [1.165, 1.54) is 24.4 Å². The predicted molar refractivity (Wildman–Crippen MR) is 73.4 cm³/mol. The van der Waals surface area contributed by atoms with Gasteiger partial charge in [0.1, 0.15) is 0 Å². The van der Waals surface area contributed by atoms with Gasteiger partial charge in [-0.25, -0.2) is 4.68 Å². The lowest BCUT2D eigenvalue weighted by Gasteiger charge is -2.01. The maximum Gasteiger partial charge on any atom is 0.310 e. The highest BCUT2D eigenvalue weighted by Crippen LogP contribution is 2.15. The Hall–Kier alpha value is -2.90. The molecular weight excluding hydrogens is 278 g/mol. The van der Waals surface area contributed by atoms with Gasteiger partial charge in [0.05, 0.1) is 23.6 Å². The van der Waals surface area contributed by atoms with Crippen molar-refractivity contribution in [2.24, 2.45) is 0 Å². The number of hydrogen-bond donors (Lipinski definition) is 1. The van der Waals surface area contributed by atoms with Crippen molar-refractivity contribution >= 4 is 11.7 Å². The zero-order chi connectivity index (χ0) is 15.4. The fourth-order valence-corrected chi connectivity index (χ4v) is 1.84. The highest BCUT2D eigenvalue weighted by molar-refractivity contribution is 5.72. The maximum absolute atomic E-state index is 12.1. The van der Waals surface area contributed by atoms with Gasteiger partial charge in [0.2, 0.25) is 0 Å². The monoisotopic (exact) mass is 291 g/mol. The average molecular weight is 291 g/mol. The smallest absolute Gasteiger partial charge is 0.310 e. The van der Waals surface area contributed by atoms with E-state index < -0.39 is 16.5 Å². The van der Waals surface area contributed by atoms with E-state index in [0.29, 0.717) is 5.69 Å². The highest BCUT2D eigenvalue weighted by Gasteiger charge is 2.14. The van der Waals surface area contributed by atoms with Gasteiger partial charge < -0.3 is 4.74 Å². The Balaban J connectivity index is 2.32. The lowest BCUT2D eigenvalue weighted by Crippen LogP contribution is -2.20. The molecule has 0 unspecified atom stereocenters. The van der Waals surface area contributed by atoms with Crippen molar-refractivity contribution in [3.8, 4) is 5.69 Å². The molecule has 0 bridgehead atoms. The lowest BCUT2D eigenvalue weighted by molar-refractivity contribution is -0.384. The van der Waals surface area contributed by atoms with Crippen LogP contribution >= 0.6 is 0 Å². The quantitative estimate of drug-likeness (QED) is 0.505. The first-order valence-electron chi connectivity index (χ1n) is 6.22. The van der Waals surface area contributed by atoms with Gasteiger partial charge in [-0.15, -0.1) is 0 Å². The second-order valence-corrected chi connectivity index (χ2v) is 4.20. The van der Waals surface area contributed by atoms with Crippen LogP contribution in [0.4, 0.5) is 5.69 Å². The number of ether oxygens (including phenoxy) is 1. The van der Waals surface area contributed by atoms with Crippen LogP contribution in [0.1, 0.15) is 12.5 Å². The summed E-state index contributed by atoms with van der Waals surface area (Å²) in [6.07, 6.45) is 1.24. The van der Waals surface area contributed by atoms with Gasteiger partial charge >= 0.3 is 5.97 Å². The average Bonchev–Trinajstić information content (AvgIpc) is 2.80. The number of nitro groups is 1. The standard InChI is InChI=1S/C13H13N3O5/c1-2-21-12(17)6-9-8-14-15(13(9)18)10-4-3-5-11(7-10)16(19)20/h3-5,7-8,14H,2,6H2,1H3. The summed E-state index contributed by atoms with van der Waals surface area (Å²) in [4.78, 5) is 33.7. The molecule has 1 aromatic heterocycles. The highest BCUT2D eigenvalue weighted by atomic mass is 16.6. The summed E-state index contributed by atoms with van der Waals surface area (Å²) in [7, 11) is 0. The molecule has 0 amide bonds. The number of carbonyl (C=O) groups excluding carboxylic acids is 1. The van der Waals surface area contributed by atoms with E-state index in [2.05, 4.69) is 5.10 Å². The number of H-pyrrole nitrogens is 1. The van der Waals surface area contributed by atoms with Gasteiger partial charge in [0.15, 0.2) is 0 Å². The number of benzene rings is 1. The number of nitrogens with one attached hydrogen (secondary N) is 1. The largest absolute Gasteiger partial charge is 0.466 e. The third kappa shape index (κ3) is 3.16. The molecule has 0 atom stereocenters. The molecule has 21 heavy (non-hydrogen) atoms. The number of nitro benzene ring substituents is 1. The molecule has 1 heterocycles. The summed E-state index contributed by atoms with van der Waals surface area (Å²) in [6, 6.07) is 5.63. The van der Waals surface area contributed by atoms with Crippen LogP contribution in [0.25, 0.3) is 5.69 Å². The molecule has 0 saturated carbocycles. The van der Waals surface area contributed by atoms with Crippen LogP contribution in [-0.4, -0.2) is 27.3 Å². The summed E-state index contributed by atoms with van der Waals surface area (Å²) >= 11 is 0. The van der Waals surface area contributed by atoms with E-state index in [4.69, 9.17) is 4.74 Å². The molecule has 0 radical (unpaired) electrons. The third-order valence-corrected chi connectivity index (χ3v) is 2.78. The summed E-state index contributed by atoms with van der Waals surface area (Å²) in [5, 5.41) is 13.4. The number of aromatic nitrogens is 2. The first kappa shape index (κ1) is 14.5. The number of carbonyl (C=O) groups is 1. The molecule has 0 spiro atoms. The van der Waals surface area contributed by atoms with Gasteiger partial charge in [0.25, 0.3) is 11.2 Å². The molecule has 2 aromatic rings. The Morgan fingerprint density at radius 3 is 2.90 bits per heavy atom. The van der Waals surface area contributed by atoms with Gasteiger partial charge in [0, 0.05) is 23.9 Å². The van der Waals surface area contributed by atoms with Gasteiger partial charge in [-0.2, -0.15) is 0 Å². The number of nitrogens with zero attached hydrogens (tertiary/aromatic N) is 2. The van der Waals surface area contributed by atoms with Crippen molar-refractivity contribution < 1.29 is 14.5 Å². The van der Waals surface area contributed by atoms with Crippen LogP contribution in [0.15, 0.2) is 35.3 Å². The normalized spacial score (nSPS) is 10.3. The Bertz CT molecular complexity index is 731. The Kier molecular flexibility index (Phi) is 4.17. The number of esters is 1. The van der Waals surface area contributed by atoms with E-state index in [9.17, 15) is 19.7 Å². The topological polar surface area (TPSA) is 107 Å². The van der Waals surface area contributed by atoms with Crippen molar-refractivity contribution in [1.82, 2.24) is 9.78 Å². The van der Waals surface area contributed by atoms with Crippen molar-refractivity contribution in [3.05, 3.63) is 56.5 Å². The first-order valence-corrected chi connectivity index (χ1v) is 6.22. The van der Waals surface area contributed by atoms with Crippen molar-refractivity contribution in [3.63, 3.8) is 0 Å². The van der Waals surface area contributed by atoms with Crippen molar-refractivity contribution in [2.45, 2.75) is 13.3 Å². The van der Waals surface area contributed by atoms with Crippen LogP contribution in [-0.2, 0) is 16.0 Å². The minimum atomic E-state index is -0.545. The molecule has 1 aromatic carbocycles. The molecule has 8 nitrogen and oxygen atoms in total. The zero-order valence-electron chi connectivity index (χ0n) is 11.2. The van der Waals surface area contributed by atoms with Crippen LogP contribution in [0, 0.1) is 10.1 Å². The van der Waals surface area contributed by atoms with Gasteiger partial charge in [-0.05, 0) is 13.0 Å². The summed E-state index contributed by atoms with van der Waals surface area (Å²) in [6.45, 7) is 1.92. The molecule has 0 aliphatic rings. The van der Waals surface area contributed by atoms with Gasteiger partial charge in [-0.3, -0.25) is 24.8 Å². The molecule has 2 rings (SSSR count).